The van der Waals surface area contributed by atoms with Gasteiger partial charge in [0.05, 0.1) is 11.1 Å². The van der Waals surface area contributed by atoms with E-state index in [0.29, 0.717) is 18.2 Å². The number of nitrogens with two attached hydrogens (primary N) is 1. The summed E-state index contributed by atoms with van der Waals surface area (Å²) in [7, 11) is 0. The van der Waals surface area contributed by atoms with Crippen LogP contribution in [-0.4, -0.2) is 48.1 Å². The summed E-state index contributed by atoms with van der Waals surface area (Å²) < 4.78 is 5.76. The minimum absolute atomic E-state index is 0. The van der Waals surface area contributed by atoms with Crippen LogP contribution in [0, 0.1) is 0 Å². The average Bonchev–Trinajstić information content (AvgIpc) is 2.97. The number of aromatic nitrogens is 1. The third kappa shape index (κ3) is 6.55. The molecule has 1 aromatic heterocycles. The number of thiazole rings is 1. The van der Waals surface area contributed by atoms with E-state index in [1.54, 1.807) is 11.3 Å². The fourth-order valence-corrected chi connectivity index (χ4v) is 3.18. The Morgan fingerprint density at radius 3 is 2.61 bits per heavy atom. The molecule has 0 unspecified atom stereocenters. The third-order valence-electron chi connectivity index (χ3n) is 3.67. The minimum Gasteiger partial charge on any atom is -0.378 e. The van der Waals surface area contributed by atoms with E-state index in [0.717, 1.165) is 44.0 Å². The number of ether oxygens (including phenoxy) is 1. The highest BCUT2D eigenvalue weighted by Gasteiger charge is 2.25. The van der Waals surface area contributed by atoms with Gasteiger partial charge >= 0.3 is 0 Å². The van der Waals surface area contributed by atoms with E-state index in [2.05, 4.69) is 18.8 Å². The normalized spacial score (nSPS) is 15.2. The molecule has 1 fully saturated rings. The van der Waals surface area contributed by atoms with Gasteiger partial charge in [0.1, 0.15) is 5.69 Å². The van der Waals surface area contributed by atoms with Crippen molar-refractivity contribution >= 4 is 42.1 Å². The Labute approximate surface area is 154 Å². The molecule has 0 radical (unpaired) electrons. The zero-order valence-electron chi connectivity index (χ0n) is 13.7. The van der Waals surface area contributed by atoms with Crippen LogP contribution in [0.5, 0.6) is 0 Å². The smallest absolute Gasteiger partial charge is 0.273 e. The van der Waals surface area contributed by atoms with Gasteiger partial charge in [0, 0.05) is 31.0 Å². The fourth-order valence-electron chi connectivity index (χ4n) is 2.37. The molecule has 0 aliphatic carbocycles. The first-order valence-electron chi connectivity index (χ1n) is 7.68. The largest absolute Gasteiger partial charge is 0.378 e. The Morgan fingerprint density at radius 1 is 1.43 bits per heavy atom. The molecule has 134 valence electrons. The van der Waals surface area contributed by atoms with Gasteiger partial charge in [0.25, 0.3) is 5.91 Å². The number of piperidine rings is 1. The zero-order chi connectivity index (χ0) is 15.2. The van der Waals surface area contributed by atoms with Crippen molar-refractivity contribution in [1.29, 1.82) is 0 Å². The van der Waals surface area contributed by atoms with Crippen molar-refractivity contribution < 1.29 is 9.53 Å². The van der Waals surface area contributed by atoms with Gasteiger partial charge in [0.2, 0.25) is 0 Å². The van der Waals surface area contributed by atoms with Crippen LogP contribution in [0.3, 0.4) is 0 Å². The highest BCUT2D eigenvalue weighted by atomic mass is 35.5. The molecular formula is C15H27Cl2N3O2S. The molecule has 0 aromatic carbocycles. The van der Waals surface area contributed by atoms with Gasteiger partial charge in [-0.15, -0.1) is 36.2 Å². The van der Waals surface area contributed by atoms with Crippen LogP contribution in [-0.2, 0) is 4.74 Å². The van der Waals surface area contributed by atoms with Gasteiger partial charge in [0.15, 0.2) is 0 Å². The Kier molecular flexibility index (Phi) is 11.0. The molecular weight excluding hydrogens is 357 g/mol. The first kappa shape index (κ1) is 22.6. The molecule has 1 aliphatic heterocycles. The number of amides is 1. The SMILES string of the molecule is CC(C)c1nc(C(=O)N2CCC(OCCCN)CC2)cs1.Cl.Cl. The number of hydrogen-bond donors (Lipinski definition) is 1. The van der Waals surface area contributed by atoms with Crippen LogP contribution in [0.2, 0.25) is 0 Å². The molecule has 1 amide bonds. The lowest BCUT2D eigenvalue weighted by molar-refractivity contribution is 0.00830. The summed E-state index contributed by atoms with van der Waals surface area (Å²) in [4.78, 5) is 18.8. The molecule has 2 rings (SSSR count). The van der Waals surface area contributed by atoms with Crippen molar-refractivity contribution in [1.82, 2.24) is 9.88 Å². The number of hydrogen-bond acceptors (Lipinski definition) is 5. The quantitative estimate of drug-likeness (QED) is 0.766. The molecule has 23 heavy (non-hydrogen) atoms. The summed E-state index contributed by atoms with van der Waals surface area (Å²) in [5.74, 6) is 0.428. The number of rotatable bonds is 6. The monoisotopic (exact) mass is 383 g/mol. The molecule has 0 bridgehead atoms. The summed E-state index contributed by atoms with van der Waals surface area (Å²) in [5, 5.41) is 2.90. The van der Waals surface area contributed by atoms with Crippen molar-refractivity contribution in [2.24, 2.45) is 5.73 Å². The van der Waals surface area contributed by atoms with Crippen molar-refractivity contribution in [2.75, 3.05) is 26.2 Å². The van der Waals surface area contributed by atoms with Crippen molar-refractivity contribution in [3.05, 3.63) is 16.1 Å². The standard InChI is InChI=1S/C15H25N3O2S.2ClH/c1-11(2)14-17-13(10-21-14)15(19)18-7-4-12(5-8-18)20-9-3-6-16;;/h10-12H,3-9,16H2,1-2H3;2*1H. The first-order valence-corrected chi connectivity index (χ1v) is 8.56. The summed E-state index contributed by atoms with van der Waals surface area (Å²) in [5.41, 5.74) is 6.04. The maximum atomic E-state index is 12.4. The van der Waals surface area contributed by atoms with Crippen LogP contribution in [0.15, 0.2) is 5.38 Å². The zero-order valence-corrected chi connectivity index (χ0v) is 16.1. The summed E-state index contributed by atoms with van der Waals surface area (Å²) in [6.07, 6.45) is 2.97. The number of nitrogens with zero attached hydrogens (tertiary/aromatic N) is 2. The lowest BCUT2D eigenvalue weighted by Crippen LogP contribution is -2.41. The van der Waals surface area contributed by atoms with Crippen LogP contribution >= 0.6 is 36.2 Å². The highest BCUT2D eigenvalue weighted by molar-refractivity contribution is 7.09. The van der Waals surface area contributed by atoms with E-state index in [-0.39, 0.29) is 36.8 Å². The molecule has 2 N–H and O–H groups in total. The van der Waals surface area contributed by atoms with Gasteiger partial charge in [-0.1, -0.05) is 13.8 Å². The molecule has 1 saturated heterocycles. The average molecular weight is 384 g/mol. The van der Waals surface area contributed by atoms with Crippen molar-refractivity contribution in [3.63, 3.8) is 0 Å². The van der Waals surface area contributed by atoms with E-state index < -0.39 is 0 Å². The number of carbonyl (C=O) groups excluding carboxylic acids is 1. The van der Waals surface area contributed by atoms with Crippen molar-refractivity contribution in [3.8, 4) is 0 Å². The lowest BCUT2D eigenvalue weighted by Gasteiger charge is -2.31. The molecule has 5 nitrogen and oxygen atoms in total. The van der Waals surface area contributed by atoms with Gasteiger partial charge < -0.3 is 15.4 Å². The third-order valence-corrected chi connectivity index (χ3v) is 4.81. The van der Waals surface area contributed by atoms with Crippen LogP contribution in [0.1, 0.15) is 54.5 Å². The topological polar surface area (TPSA) is 68.5 Å². The lowest BCUT2D eigenvalue weighted by atomic mass is 10.1. The Bertz CT molecular complexity index is 463. The van der Waals surface area contributed by atoms with Crippen LogP contribution in [0.4, 0.5) is 0 Å². The second-order valence-corrected chi connectivity index (χ2v) is 6.62. The Balaban J connectivity index is 0.00000242. The maximum absolute atomic E-state index is 12.4. The summed E-state index contributed by atoms with van der Waals surface area (Å²) in [6.45, 7) is 7.08. The van der Waals surface area contributed by atoms with E-state index in [4.69, 9.17) is 10.5 Å². The Morgan fingerprint density at radius 2 is 2.09 bits per heavy atom. The van der Waals surface area contributed by atoms with Gasteiger partial charge in [-0.2, -0.15) is 0 Å². The fraction of sp³-hybridized carbons (Fsp3) is 0.733. The predicted octanol–water partition coefficient (Wildman–Crippen LogP) is 3.08. The molecule has 0 atom stereocenters. The number of likely N-dealkylation sites (tertiary alicyclic amines) is 1. The maximum Gasteiger partial charge on any atom is 0.273 e. The van der Waals surface area contributed by atoms with Gasteiger partial charge in [-0.25, -0.2) is 4.98 Å². The van der Waals surface area contributed by atoms with E-state index in [1.165, 1.54) is 0 Å². The van der Waals surface area contributed by atoms with Crippen LogP contribution < -0.4 is 5.73 Å². The molecule has 0 saturated carbocycles. The van der Waals surface area contributed by atoms with Crippen LogP contribution in [0.25, 0.3) is 0 Å². The van der Waals surface area contributed by atoms with Gasteiger partial charge in [-0.3, -0.25) is 4.79 Å². The first-order chi connectivity index (χ1) is 10.1. The number of carbonyl (C=O) groups is 1. The minimum atomic E-state index is 0. The molecule has 0 spiro atoms. The Hall–Kier alpha value is -0.400. The van der Waals surface area contributed by atoms with E-state index in [9.17, 15) is 4.79 Å². The van der Waals surface area contributed by atoms with E-state index in [1.807, 2.05) is 10.3 Å². The molecule has 2 heterocycles. The van der Waals surface area contributed by atoms with Gasteiger partial charge in [-0.05, 0) is 25.8 Å². The molecule has 8 heteroatoms. The second-order valence-electron chi connectivity index (χ2n) is 5.73. The molecule has 1 aliphatic rings. The summed E-state index contributed by atoms with van der Waals surface area (Å²) in [6, 6.07) is 0. The van der Waals surface area contributed by atoms with Crippen molar-refractivity contribution in [2.45, 2.75) is 45.1 Å². The van der Waals surface area contributed by atoms with E-state index >= 15 is 0 Å². The predicted molar refractivity (Wildman–Crippen MR) is 99.2 cm³/mol. The second kappa shape index (κ2) is 11.2. The highest BCUT2D eigenvalue weighted by Crippen LogP contribution is 2.21. The summed E-state index contributed by atoms with van der Waals surface area (Å²) >= 11 is 1.57. The molecule has 1 aromatic rings. The number of halogens is 2.